The summed E-state index contributed by atoms with van der Waals surface area (Å²) < 4.78 is 18.6. The summed E-state index contributed by atoms with van der Waals surface area (Å²) in [4.78, 5) is 25.8. The van der Waals surface area contributed by atoms with Crippen LogP contribution < -0.4 is 15.5 Å². The number of amides is 2. The fourth-order valence-electron chi connectivity index (χ4n) is 3.98. The van der Waals surface area contributed by atoms with E-state index in [0.717, 1.165) is 25.3 Å². The minimum Gasteiger partial charge on any atom is -0.463 e. The Morgan fingerprint density at radius 1 is 0.968 bits per heavy atom. The lowest BCUT2D eigenvalue weighted by Gasteiger charge is -2.31. The summed E-state index contributed by atoms with van der Waals surface area (Å²) in [6.45, 7) is 2.18. The average Bonchev–Trinajstić information content (AvgIpc) is 3.33. The second-order valence-electron chi connectivity index (χ2n) is 7.69. The number of hydrogen-bond acceptors (Lipinski definition) is 3. The normalized spacial score (nSPS) is 16.2. The molecule has 7 heteroatoms. The van der Waals surface area contributed by atoms with Gasteiger partial charge in [0.15, 0.2) is 11.8 Å². The molecule has 2 atom stereocenters. The Hall–Kier alpha value is -3.45. The Morgan fingerprint density at radius 3 is 2.45 bits per heavy atom. The zero-order valence-electron chi connectivity index (χ0n) is 17.1. The summed E-state index contributed by atoms with van der Waals surface area (Å²) in [5, 5.41) is 5.31. The maximum absolute atomic E-state index is 13.0. The third kappa shape index (κ3) is 5.19. The van der Waals surface area contributed by atoms with E-state index in [9.17, 15) is 14.0 Å². The summed E-state index contributed by atoms with van der Waals surface area (Å²) in [6, 6.07) is 17.8. The van der Waals surface area contributed by atoms with Crippen molar-refractivity contribution in [3.63, 3.8) is 0 Å². The molecule has 0 fully saturated rings. The van der Waals surface area contributed by atoms with E-state index in [1.54, 1.807) is 18.4 Å². The Bertz CT molecular complexity index is 1030. The first-order valence-electron chi connectivity index (χ1n) is 10.4. The molecular weight excluding hydrogens is 397 g/mol. The predicted octanol–water partition coefficient (Wildman–Crippen LogP) is 1.53. The van der Waals surface area contributed by atoms with Gasteiger partial charge in [0.1, 0.15) is 12.4 Å². The molecule has 4 rings (SSSR count). The fraction of sp³-hybridized carbons (Fsp3) is 0.250. The molecule has 1 aliphatic rings. The molecule has 0 spiro atoms. The molecule has 1 aliphatic heterocycles. The van der Waals surface area contributed by atoms with E-state index in [1.807, 2.05) is 18.2 Å². The van der Waals surface area contributed by atoms with Gasteiger partial charge in [0.2, 0.25) is 0 Å². The van der Waals surface area contributed by atoms with Gasteiger partial charge >= 0.3 is 11.8 Å². The number of benzene rings is 2. The highest BCUT2D eigenvalue weighted by Crippen LogP contribution is 2.15. The highest BCUT2D eigenvalue weighted by Gasteiger charge is 2.31. The minimum atomic E-state index is -0.721. The number of fused-ring (bicyclic) bond motifs is 1. The van der Waals surface area contributed by atoms with Crippen LogP contribution in [0.2, 0.25) is 0 Å². The van der Waals surface area contributed by atoms with Crippen molar-refractivity contribution in [3.8, 4) is 0 Å². The van der Waals surface area contributed by atoms with Gasteiger partial charge in [0, 0.05) is 18.5 Å². The van der Waals surface area contributed by atoms with Crippen LogP contribution in [0.25, 0.3) is 0 Å². The van der Waals surface area contributed by atoms with Crippen LogP contribution in [0.5, 0.6) is 0 Å². The van der Waals surface area contributed by atoms with Crippen molar-refractivity contribution in [1.82, 2.24) is 10.6 Å². The molecule has 2 heterocycles. The topological polar surface area (TPSA) is 75.8 Å². The van der Waals surface area contributed by atoms with Crippen molar-refractivity contribution in [2.24, 2.45) is 0 Å². The van der Waals surface area contributed by atoms with Crippen LogP contribution in [0.3, 0.4) is 0 Å². The monoisotopic (exact) mass is 422 g/mol. The van der Waals surface area contributed by atoms with Crippen LogP contribution in [0, 0.1) is 5.82 Å². The summed E-state index contributed by atoms with van der Waals surface area (Å²) in [5.74, 6) is -0.988. The molecule has 0 aliphatic carbocycles. The molecule has 160 valence electrons. The predicted molar refractivity (Wildman–Crippen MR) is 112 cm³/mol. The van der Waals surface area contributed by atoms with Crippen LogP contribution in [0.15, 0.2) is 71.3 Å². The number of carbonyl (C=O) groups is 2. The van der Waals surface area contributed by atoms with E-state index in [4.69, 9.17) is 4.42 Å². The molecule has 0 saturated heterocycles. The number of halogens is 1. The SMILES string of the molecule is O=C(NCc1ccc(F)cc1)C(=O)NC[C@@H](c1ccco1)[NH+]1CCc2ccccc2C1. The van der Waals surface area contributed by atoms with E-state index in [0.29, 0.717) is 5.56 Å². The number of nitrogens with one attached hydrogen (secondary N) is 3. The fourth-order valence-corrected chi connectivity index (χ4v) is 3.98. The molecule has 31 heavy (non-hydrogen) atoms. The van der Waals surface area contributed by atoms with Crippen molar-refractivity contribution in [2.75, 3.05) is 13.1 Å². The second kappa shape index (κ2) is 9.57. The third-order valence-corrected chi connectivity index (χ3v) is 5.67. The smallest absolute Gasteiger partial charge is 0.309 e. The largest absolute Gasteiger partial charge is 0.463 e. The van der Waals surface area contributed by atoms with Gasteiger partial charge in [-0.25, -0.2) is 4.39 Å². The Labute approximate surface area is 180 Å². The first kappa shape index (κ1) is 20.8. The van der Waals surface area contributed by atoms with Gasteiger partial charge in [0.05, 0.1) is 19.4 Å². The minimum absolute atomic E-state index is 0.0998. The van der Waals surface area contributed by atoms with Gasteiger partial charge in [-0.2, -0.15) is 0 Å². The van der Waals surface area contributed by atoms with Crippen LogP contribution in [-0.2, 0) is 29.1 Å². The summed E-state index contributed by atoms with van der Waals surface area (Å²) in [7, 11) is 0. The molecule has 0 bridgehead atoms. The highest BCUT2D eigenvalue weighted by atomic mass is 19.1. The lowest BCUT2D eigenvalue weighted by Crippen LogP contribution is -3.12. The lowest BCUT2D eigenvalue weighted by molar-refractivity contribution is -0.946. The second-order valence-corrected chi connectivity index (χ2v) is 7.69. The van der Waals surface area contributed by atoms with Gasteiger partial charge in [0.25, 0.3) is 0 Å². The van der Waals surface area contributed by atoms with E-state index in [1.165, 1.54) is 28.2 Å². The van der Waals surface area contributed by atoms with Crippen molar-refractivity contribution in [3.05, 3.63) is 95.2 Å². The van der Waals surface area contributed by atoms with Crippen molar-refractivity contribution < 1.29 is 23.3 Å². The summed E-state index contributed by atoms with van der Waals surface area (Å²) >= 11 is 0. The zero-order chi connectivity index (χ0) is 21.6. The molecule has 1 unspecified atom stereocenters. The number of carbonyl (C=O) groups excluding carboxylic acids is 2. The number of rotatable bonds is 6. The number of furan rings is 1. The van der Waals surface area contributed by atoms with Crippen LogP contribution in [-0.4, -0.2) is 24.9 Å². The van der Waals surface area contributed by atoms with Crippen molar-refractivity contribution in [1.29, 1.82) is 0 Å². The highest BCUT2D eigenvalue weighted by molar-refractivity contribution is 6.35. The molecule has 0 radical (unpaired) electrons. The maximum Gasteiger partial charge on any atom is 0.309 e. The summed E-state index contributed by atoms with van der Waals surface area (Å²) in [5.41, 5.74) is 3.37. The molecule has 2 aromatic carbocycles. The quantitative estimate of drug-likeness (QED) is 0.528. The van der Waals surface area contributed by atoms with E-state index in [-0.39, 0.29) is 24.9 Å². The van der Waals surface area contributed by atoms with Crippen LogP contribution >= 0.6 is 0 Å². The Balaban J connectivity index is 1.36. The van der Waals surface area contributed by atoms with Gasteiger partial charge in [-0.05, 0) is 35.4 Å². The molecule has 6 nitrogen and oxygen atoms in total. The van der Waals surface area contributed by atoms with E-state index in [2.05, 4.69) is 28.8 Å². The first-order chi connectivity index (χ1) is 15.1. The average molecular weight is 422 g/mol. The standard InChI is InChI=1S/C24H24FN3O3/c25-20-9-7-17(8-10-20)14-26-23(29)24(30)27-15-21(22-6-3-13-31-22)28-12-11-18-4-1-2-5-19(18)16-28/h1-10,13,21H,11-12,14-16H2,(H,26,29)(H,27,30)/p+1/t21-/m0/s1. The third-order valence-electron chi connectivity index (χ3n) is 5.67. The molecule has 3 aromatic rings. The van der Waals surface area contributed by atoms with Crippen molar-refractivity contribution >= 4 is 11.8 Å². The first-order valence-corrected chi connectivity index (χ1v) is 10.4. The molecule has 2 amide bonds. The molecule has 0 saturated carbocycles. The van der Waals surface area contributed by atoms with Gasteiger partial charge in [-0.1, -0.05) is 36.4 Å². The molecule has 3 N–H and O–H groups in total. The molecular formula is C24H25FN3O3+. The Morgan fingerprint density at radius 2 is 1.71 bits per heavy atom. The van der Waals surface area contributed by atoms with Crippen LogP contribution in [0.4, 0.5) is 4.39 Å². The van der Waals surface area contributed by atoms with Gasteiger partial charge in [-0.3, -0.25) is 9.59 Å². The Kier molecular flexibility index (Phi) is 6.43. The molecule has 1 aromatic heterocycles. The number of quaternary nitrogens is 1. The van der Waals surface area contributed by atoms with Crippen LogP contribution in [0.1, 0.15) is 28.5 Å². The van der Waals surface area contributed by atoms with E-state index >= 15 is 0 Å². The zero-order valence-corrected chi connectivity index (χ0v) is 17.1. The van der Waals surface area contributed by atoms with Gasteiger partial charge in [-0.15, -0.1) is 0 Å². The number of hydrogen-bond donors (Lipinski definition) is 3. The summed E-state index contributed by atoms with van der Waals surface area (Å²) in [6.07, 6.45) is 2.58. The van der Waals surface area contributed by atoms with Gasteiger partial charge < -0.3 is 20.0 Å². The van der Waals surface area contributed by atoms with E-state index < -0.39 is 11.8 Å². The lowest BCUT2D eigenvalue weighted by atomic mass is 9.98. The maximum atomic E-state index is 13.0. The van der Waals surface area contributed by atoms with Crippen molar-refractivity contribution in [2.45, 2.75) is 25.6 Å².